The molecule has 2 aromatic carbocycles. The van der Waals surface area contributed by atoms with Crippen molar-refractivity contribution in [2.24, 2.45) is 5.14 Å². The van der Waals surface area contributed by atoms with Crippen molar-refractivity contribution in [2.45, 2.75) is 11.8 Å². The smallest absolute Gasteiger partial charge is 0.307 e. The van der Waals surface area contributed by atoms with Gasteiger partial charge >= 0.3 is 6.03 Å². The summed E-state index contributed by atoms with van der Waals surface area (Å²) in [4.78, 5) is 12.2. The summed E-state index contributed by atoms with van der Waals surface area (Å²) in [6.45, 7) is 1.77. The number of hydrogen-bond donors (Lipinski definition) is 3. The van der Waals surface area contributed by atoms with Crippen LogP contribution >= 0.6 is 11.3 Å². The predicted molar refractivity (Wildman–Crippen MR) is 105 cm³/mol. The highest BCUT2D eigenvalue weighted by Crippen LogP contribution is 2.32. The molecular weight excluding hydrogens is 389 g/mol. The fourth-order valence-electron chi connectivity index (χ4n) is 2.48. The van der Waals surface area contributed by atoms with Gasteiger partial charge in [-0.2, -0.15) is 11.3 Å². The SMILES string of the molecule is Cc1ccc(F)c(NC(=O)Nc2cc(S(N)(=O)=O)ccc2-c2ccsc2)c1. The van der Waals surface area contributed by atoms with Gasteiger partial charge in [0.2, 0.25) is 10.0 Å². The maximum atomic E-state index is 13.9. The Morgan fingerprint density at radius 2 is 1.81 bits per heavy atom. The number of urea groups is 1. The van der Waals surface area contributed by atoms with E-state index < -0.39 is 21.9 Å². The lowest BCUT2D eigenvalue weighted by molar-refractivity contribution is 0.262. The first kappa shape index (κ1) is 19.0. The van der Waals surface area contributed by atoms with Gasteiger partial charge in [-0.3, -0.25) is 0 Å². The van der Waals surface area contributed by atoms with Crippen LogP contribution in [0, 0.1) is 12.7 Å². The molecule has 0 aliphatic carbocycles. The summed E-state index contributed by atoms with van der Waals surface area (Å²) in [5.74, 6) is -0.577. The van der Waals surface area contributed by atoms with Crippen molar-refractivity contribution in [2.75, 3.05) is 10.6 Å². The van der Waals surface area contributed by atoms with Gasteiger partial charge in [-0.15, -0.1) is 0 Å². The fraction of sp³-hybridized carbons (Fsp3) is 0.0556. The van der Waals surface area contributed by atoms with E-state index in [1.54, 1.807) is 19.1 Å². The third kappa shape index (κ3) is 4.51. The van der Waals surface area contributed by atoms with Crippen LogP contribution in [0.4, 0.5) is 20.6 Å². The van der Waals surface area contributed by atoms with Gasteiger partial charge in [0.15, 0.2) is 0 Å². The first-order valence-corrected chi connectivity index (χ1v) is 10.3. The summed E-state index contributed by atoms with van der Waals surface area (Å²) < 4.78 is 37.1. The molecule has 0 fully saturated rings. The molecule has 0 saturated carbocycles. The highest BCUT2D eigenvalue weighted by atomic mass is 32.2. The summed E-state index contributed by atoms with van der Waals surface area (Å²) >= 11 is 1.46. The number of halogens is 1. The van der Waals surface area contributed by atoms with Gasteiger partial charge in [0, 0.05) is 5.56 Å². The van der Waals surface area contributed by atoms with Crippen LogP contribution in [0.3, 0.4) is 0 Å². The van der Waals surface area contributed by atoms with Gasteiger partial charge in [-0.25, -0.2) is 22.7 Å². The fourth-order valence-corrected chi connectivity index (χ4v) is 3.68. The van der Waals surface area contributed by atoms with Crippen LogP contribution in [0.25, 0.3) is 11.1 Å². The number of carbonyl (C=O) groups excluding carboxylic acids is 1. The van der Waals surface area contributed by atoms with Gasteiger partial charge in [-0.1, -0.05) is 12.1 Å². The summed E-state index contributed by atoms with van der Waals surface area (Å²) in [5, 5.41) is 13.9. The zero-order valence-electron chi connectivity index (χ0n) is 14.2. The topological polar surface area (TPSA) is 101 Å². The molecule has 6 nitrogen and oxygen atoms in total. The number of nitrogens with two attached hydrogens (primary N) is 1. The van der Waals surface area contributed by atoms with E-state index >= 15 is 0 Å². The lowest BCUT2D eigenvalue weighted by Gasteiger charge is -2.13. The number of anilines is 2. The number of hydrogen-bond acceptors (Lipinski definition) is 4. The summed E-state index contributed by atoms with van der Waals surface area (Å²) in [5.41, 5.74) is 2.46. The van der Waals surface area contributed by atoms with E-state index in [1.807, 2.05) is 16.8 Å². The molecule has 0 unspecified atom stereocenters. The lowest BCUT2D eigenvalue weighted by atomic mass is 10.1. The Hall–Kier alpha value is -2.75. The van der Waals surface area contributed by atoms with Crippen molar-refractivity contribution in [3.8, 4) is 11.1 Å². The molecule has 0 saturated heterocycles. The summed E-state index contributed by atoms with van der Waals surface area (Å²) in [6.07, 6.45) is 0. The molecule has 0 bridgehead atoms. The average molecular weight is 405 g/mol. The lowest BCUT2D eigenvalue weighted by Crippen LogP contribution is -2.21. The van der Waals surface area contributed by atoms with Gasteiger partial charge in [0.1, 0.15) is 5.82 Å². The molecule has 4 N–H and O–H groups in total. The van der Waals surface area contributed by atoms with Crippen molar-refractivity contribution in [3.05, 3.63) is 64.6 Å². The maximum Gasteiger partial charge on any atom is 0.323 e. The predicted octanol–water partition coefficient (Wildman–Crippen LogP) is 4.15. The van der Waals surface area contributed by atoms with Crippen LogP contribution < -0.4 is 15.8 Å². The van der Waals surface area contributed by atoms with Gasteiger partial charge in [-0.05, 0) is 59.1 Å². The second-order valence-corrected chi connectivity index (χ2v) is 8.17. The Balaban J connectivity index is 1.94. The molecule has 140 valence electrons. The third-order valence-electron chi connectivity index (χ3n) is 3.77. The number of rotatable bonds is 4. The van der Waals surface area contributed by atoms with E-state index in [4.69, 9.17) is 5.14 Å². The molecule has 0 aliphatic rings. The number of aryl methyl sites for hydroxylation is 1. The Morgan fingerprint density at radius 1 is 1.07 bits per heavy atom. The van der Waals surface area contributed by atoms with Crippen LogP contribution in [0.1, 0.15) is 5.56 Å². The molecule has 3 aromatic rings. The van der Waals surface area contributed by atoms with Crippen LogP contribution in [0.15, 0.2) is 58.1 Å². The van der Waals surface area contributed by atoms with Gasteiger partial charge in [0.05, 0.1) is 16.3 Å². The Bertz CT molecular complexity index is 1100. The molecule has 0 atom stereocenters. The molecular formula is C18H16FN3O3S2. The molecule has 0 radical (unpaired) electrons. The summed E-state index contributed by atoms with van der Waals surface area (Å²) in [6, 6.07) is 9.66. The van der Waals surface area contributed by atoms with E-state index in [2.05, 4.69) is 10.6 Å². The molecule has 27 heavy (non-hydrogen) atoms. The number of nitrogens with one attached hydrogen (secondary N) is 2. The number of benzene rings is 2. The quantitative estimate of drug-likeness (QED) is 0.608. The van der Waals surface area contributed by atoms with Gasteiger partial charge in [0.25, 0.3) is 0 Å². The minimum absolute atomic E-state index is 0.0205. The number of carbonyl (C=O) groups is 1. The standard InChI is InChI=1S/C18H16FN3O3S2/c1-11-2-5-15(19)17(8-11)22-18(23)21-16-9-13(27(20,24)25)3-4-14(16)12-6-7-26-10-12/h2-10H,1H3,(H2,20,24,25)(H2,21,22,23). The van der Waals surface area contributed by atoms with Crippen molar-refractivity contribution in [1.82, 2.24) is 0 Å². The zero-order valence-corrected chi connectivity index (χ0v) is 15.8. The van der Waals surface area contributed by atoms with Crippen LogP contribution in [0.2, 0.25) is 0 Å². The molecule has 1 aromatic heterocycles. The zero-order chi connectivity index (χ0) is 19.6. The summed E-state index contributed by atoms with van der Waals surface area (Å²) in [7, 11) is -3.95. The van der Waals surface area contributed by atoms with Crippen molar-refractivity contribution >= 4 is 38.8 Å². The highest BCUT2D eigenvalue weighted by molar-refractivity contribution is 7.89. The molecule has 3 rings (SSSR count). The molecule has 2 amide bonds. The normalized spacial score (nSPS) is 11.2. The largest absolute Gasteiger partial charge is 0.323 e. The number of primary sulfonamides is 1. The van der Waals surface area contributed by atoms with E-state index in [1.165, 1.54) is 35.6 Å². The first-order valence-electron chi connectivity index (χ1n) is 7.77. The van der Waals surface area contributed by atoms with Crippen molar-refractivity contribution in [1.29, 1.82) is 0 Å². The van der Waals surface area contributed by atoms with E-state index in [0.717, 1.165) is 11.1 Å². The second kappa shape index (κ2) is 7.47. The minimum atomic E-state index is -3.95. The van der Waals surface area contributed by atoms with Crippen molar-refractivity contribution in [3.63, 3.8) is 0 Å². The monoisotopic (exact) mass is 405 g/mol. The highest BCUT2D eigenvalue weighted by Gasteiger charge is 2.15. The van der Waals surface area contributed by atoms with Crippen molar-refractivity contribution < 1.29 is 17.6 Å². The van der Waals surface area contributed by atoms with E-state index in [-0.39, 0.29) is 16.3 Å². The van der Waals surface area contributed by atoms with E-state index in [0.29, 0.717) is 5.56 Å². The van der Waals surface area contributed by atoms with Crippen LogP contribution in [-0.2, 0) is 10.0 Å². The third-order valence-corrected chi connectivity index (χ3v) is 5.36. The minimum Gasteiger partial charge on any atom is -0.307 e. The van der Waals surface area contributed by atoms with Gasteiger partial charge < -0.3 is 10.6 Å². The number of sulfonamides is 1. The maximum absolute atomic E-state index is 13.9. The van der Waals surface area contributed by atoms with E-state index in [9.17, 15) is 17.6 Å². The Morgan fingerprint density at radius 3 is 2.48 bits per heavy atom. The number of amides is 2. The molecule has 9 heteroatoms. The molecule has 0 spiro atoms. The van der Waals surface area contributed by atoms with Crippen LogP contribution in [0.5, 0.6) is 0 Å². The first-order chi connectivity index (χ1) is 12.7. The van der Waals surface area contributed by atoms with Crippen LogP contribution in [-0.4, -0.2) is 14.4 Å². The number of thiophene rings is 1. The molecule has 1 heterocycles. The average Bonchev–Trinajstić information content (AvgIpc) is 3.11. The Labute approximate surface area is 159 Å². The Kier molecular flexibility index (Phi) is 5.26. The molecule has 0 aliphatic heterocycles. The second-order valence-electron chi connectivity index (χ2n) is 5.83.